The molecule has 4 rings (SSSR count). The molecule has 3 heterocycles. The lowest BCUT2D eigenvalue weighted by molar-refractivity contribution is 0.0488. The van der Waals surface area contributed by atoms with Crippen molar-refractivity contribution in [2.45, 2.75) is 38.8 Å². The summed E-state index contributed by atoms with van der Waals surface area (Å²) in [5.74, 6) is 1.34. The van der Waals surface area contributed by atoms with Crippen LogP contribution in [0.25, 0.3) is 0 Å². The number of methoxy groups -OCH3 is 1. The molecule has 128 valence electrons. The number of nitrogens with zero attached hydrogens (tertiary/aromatic N) is 4. The van der Waals surface area contributed by atoms with E-state index in [0.29, 0.717) is 24.5 Å². The third-order valence-corrected chi connectivity index (χ3v) is 4.95. The smallest absolute Gasteiger partial charge is 0.258 e. The van der Waals surface area contributed by atoms with Gasteiger partial charge in [0.15, 0.2) is 0 Å². The van der Waals surface area contributed by atoms with Crippen LogP contribution in [0, 0.1) is 12.8 Å². The average Bonchev–Trinajstić information content (AvgIpc) is 3.14. The van der Waals surface area contributed by atoms with E-state index in [1.54, 1.807) is 26.4 Å². The highest BCUT2D eigenvalue weighted by Crippen LogP contribution is 2.34. The van der Waals surface area contributed by atoms with Crippen molar-refractivity contribution in [3.63, 3.8) is 0 Å². The maximum Gasteiger partial charge on any atom is 0.258 e. The van der Waals surface area contributed by atoms with Crippen LogP contribution in [0.2, 0.25) is 0 Å². The average molecular weight is 330 g/mol. The van der Waals surface area contributed by atoms with Crippen LogP contribution in [0.1, 0.15) is 46.4 Å². The van der Waals surface area contributed by atoms with Crippen LogP contribution in [0.3, 0.4) is 0 Å². The van der Waals surface area contributed by atoms with E-state index in [9.17, 15) is 4.79 Å². The zero-order valence-electron chi connectivity index (χ0n) is 14.1. The number of aromatic nitrogens is 3. The molecule has 1 aliphatic carbocycles. The van der Waals surface area contributed by atoms with Crippen molar-refractivity contribution in [1.82, 2.24) is 19.9 Å². The molecule has 0 aromatic carbocycles. The van der Waals surface area contributed by atoms with Crippen LogP contribution in [-0.4, -0.2) is 46.1 Å². The number of carbonyl (C=O) groups is 1. The topological polar surface area (TPSA) is 73.4 Å². The number of hydrogen-bond donors (Lipinski definition) is 0. The first kappa shape index (κ1) is 15.4. The number of ether oxygens (including phenoxy) is 1. The molecule has 7 heteroatoms. The minimum absolute atomic E-state index is 0.0364. The van der Waals surface area contributed by atoms with Crippen molar-refractivity contribution in [3.8, 4) is 0 Å². The third kappa shape index (κ3) is 2.62. The van der Waals surface area contributed by atoms with E-state index >= 15 is 0 Å². The van der Waals surface area contributed by atoms with Gasteiger partial charge in [0.1, 0.15) is 17.5 Å². The number of fused-ring (bicyclic) bond motifs is 1. The SMILES string of the molecule is COC[C@@H]1c2nnn(CC3CC3)c2CCN1C(=O)c1ccoc1C. The second kappa shape index (κ2) is 6.05. The van der Waals surface area contributed by atoms with Gasteiger partial charge < -0.3 is 14.1 Å². The number of rotatable bonds is 5. The van der Waals surface area contributed by atoms with Crippen molar-refractivity contribution in [3.05, 3.63) is 35.0 Å². The van der Waals surface area contributed by atoms with Crippen molar-refractivity contribution < 1.29 is 13.9 Å². The molecule has 1 atom stereocenters. The van der Waals surface area contributed by atoms with Crippen LogP contribution in [-0.2, 0) is 17.7 Å². The molecule has 1 amide bonds. The zero-order valence-corrected chi connectivity index (χ0v) is 14.1. The van der Waals surface area contributed by atoms with Gasteiger partial charge in [-0.15, -0.1) is 5.10 Å². The van der Waals surface area contributed by atoms with Gasteiger partial charge >= 0.3 is 0 Å². The first-order valence-electron chi connectivity index (χ1n) is 8.45. The summed E-state index contributed by atoms with van der Waals surface area (Å²) < 4.78 is 12.7. The van der Waals surface area contributed by atoms with Crippen molar-refractivity contribution in [2.75, 3.05) is 20.3 Å². The van der Waals surface area contributed by atoms with Gasteiger partial charge in [-0.2, -0.15) is 0 Å². The van der Waals surface area contributed by atoms with E-state index in [4.69, 9.17) is 9.15 Å². The number of aryl methyl sites for hydroxylation is 1. The van der Waals surface area contributed by atoms with Gasteiger partial charge in [-0.25, -0.2) is 4.68 Å². The Kier molecular flexibility index (Phi) is 3.88. The molecule has 0 bridgehead atoms. The van der Waals surface area contributed by atoms with E-state index in [0.717, 1.165) is 30.3 Å². The van der Waals surface area contributed by atoms with Gasteiger partial charge in [0, 0.05) is 26.6 Å². The normalized spacial score (nSPS) is 20.2. The predicted octanol–water partition coefficient (Wildman–Crippen LogP) is 1.98. The first-order chi connectivity index (χ1) is 11.7. The third-order valence-electron chi connectivity index (χ3n) is 4.95. The molecule has 0 N–H and O–H groups in total. The lowest BCUT2D eigenvalue weighted by Gasteiger charge is -2.34. The van der Waals surface area contributed by atoms with Gasteiger partial charge in [-0.3, -0.25) is 4.79 Å². The summed E-state index contributed by atoms with van der Waals surface area (Å²) in [6.07, 6.45) is 4.88. The summed E-state index contributed by atoms with van der Waals surface area (Å²) in [6.45, 7) is 3.80. The molecule has 0 unspecified atom stereocenters. The van der Waals surface area contributed by atoms with Gasteiger partial charge in [0.05, 0.1) is 24.1 Å². The second-order valence-electron chi connectivity index (χ2n) is 6.66. The molecule has 2 aliphatic rings. The first-order valence-corrected chi connectivity index (χ1v) is 8.45. The van der Waals surface area contributed by atoms with Crippen LogP contribution >= 0.6 is 0 Å². The molecule has 7 nitrogen and oxygen atoms in total. The number of carbonyl (C=O) groups excluding carboxylic acids is 1. The Balaban J connectivity index is 1.63. The molecule has 0 spiro atoms. The van der Waals surface area contributed by atoms with Crippen LogP contribution in [0.4, 0.5) is 0 Å². The highest BCUT2D eigenvalue weighted by atomic mass is 16.5. The van der Waals surface area contributed by atoms with Crippen molar-refractivity contribution >= 4 is 5.91 Å². The molecule has 1 saturated carbocycles. The Morgan fingerprint density at radius 1 is 1.46 bits per heavy atom. The monoisotopic (exact) mass is 330 g/mol. The molecule has 2 aromatic heterocycles. The standard InChI is InChI=1S/C17H22N4O3/c1-11-13(6-8-24-11)17(22)20-7-5-14-16(15(20)10-23-2)18-19-21(14)9-12-3-4-12/h6,8,12,15H,3-5,7,9-10H2,1-2H3/t15-/m1/s1. The van der Waals surface area contributed by atoms with Crippen LogP contribution < -0.4 is 0 Å². The fourth-order valence-electron chi connectivity index (χ4n) is 3.42. The van der Waals surface area contributed by atoms with Gasteiger partial charge in [0.25, 0.3) is 5.91 Å². The summed E-state index contributed by atoms with van der Waals surface area (Å²) in [4.78, 5) is 14.8. The Labute approximate surface area is 140 Å². The van der Waals surface area contributed by atoms with E-state index in [-0.39, 0.29) is 11.9 Å². The Bertz CT molecular complexity index is 747. The Morgan fingerprint density at radius 2 is 2.29 bits per heavy atom. The fraction of sp³-hybridized carbons (Fsp3) is 0.588. The maximum absolute atomic E-state index is 12.9. The molecule has 0 radical (unpaired) electrons. The molecular formula is C17H22N4O3. The van der Waals surface area contributed by atoms with Gasteiger partial charge in [-0.1, -0.05) is 5.21 Å². The number of hydrogen-bond acceptors (Lipinski definition) is 5. The lowest BCUT2D eigenvalue weighted by atomic mass is 10.0. The quantitative estimate of drug-likeness (QED) is 0.838. The van der Waals surface area contributed by atoms with Crippen molar-refractivity contribution in [2.24, 2.45) is 5.92 Å². The summed E-state index contributed by atoms with van der Waals surface area (Å²) in [5, 5.41) is 8.73. The molecule has 24 heavy (non-hydrogen) atoms. The fourth-order valence-corrected chi connectivity index (χ4v) is 3.42. The van der Waals surface area contributed by atoms with Gasteiger partial charge in [0.2, 0.25) is 0 Å². The molecule has 1 fully saturated rings. The molecule has 0 saturated heterocycles. The predicted molar refractivity (Wildman–Crippen MR) is 85.5 cm³/mol. The Hall–Kier alpha value is -2.15. The minimum Gasteiger partial charge on any atom is -0.469 e. The van der Waals surface area contributed by atoms with E-state index in [2.05, 4.69) is 10.3 Å². The Morgan fingerprint density at radius 3 is 2.96 bits per heavy atom. The van der Waals surface area contributed by atoms with Crippen LogP contribution in [0.5, 0.6) is 0 Å². The van der Waals surface area contributed by atoms with E-state index in [1.165, 1.54) is 12.8 Å². The lowest BCUT2D eigenvalue weighted by Crippen LogP contribution is -2.42. The summed E-state index contributed by atoms with van der Waals surface area (Å²) in [5.41, 5.74) is 2.63. The minimum atomic E-state index is -0.200. The molecule has 1 aliphatic heterocycles. The van der Waals surface area contributed by atoms with Gasteiger partial charge in [-0.05, 0) is 31.7 Å². The number of furan rings is 1. The van der Waals surface area contributed by atoms with E-state index in [1.807, 2.05) is 9.58 Å². The summed E-state index contributed by atoms with van der Waals surface area (Å²) >= 11 is 0. The van der Waals surface area contributed by atoms with Crippen molar-refractivity contribution in [1.29, 1.82) is 0 Å². The molecular weight excluding hydrogens is 308 g/mol. The maximum atomic E-state index is 12.9. The zero-order chi connectivity index (χ0) is 16.7. The highest BCUT2D eigenvalue weighted by molar-refractivity contribution is 5.95. The number of amides is 1. The summed E-state index contributed by atoms with van der Waals surface area (Å²) in [7, 11) is 1.65. The van der Waals surface area contributed by atoms with Crippen LogP contribution in [0.15, 0.2) is 16.7 Å². The highest BCUT2D eigenvalue weighted by Gasteiger charge is 2.36. The second-order valence-corrected chi connectivity index (χ2v) is 6.66. The van der Waals surface area contributed by atoms with E-state index < -0.39 is 0 Å². The summed E-state index contributed by atoms with van der Waals surface area (Å²) in [6, 6.07) is 1.52. The largest absolute Gasteiger partial charge is 0.469 e. The molecule has 2 aromatic rings.